The van der Waals surface area contributed by atoms with Crippen LogP contribution in [0.4, 0.5) is 0 Å². The zero-order valence-electron chi connectivity index (χ0n) is 13.6. The first-order chi connectivity index (χ1) is 11.0. The summed E-state index contributed by atoms with van der Waals surface area (Å²) in [6.07, 6.45) is 0. The molecule has 4 heteroatoms. The van der Waals surface area contributed by atoms with Crippen LogP contribution in [0.3, 0.4) is 0 Å². The number of hydrogen-bond donors (Lipinski definition) is 1. The van der Waals surface area contributed by atoms with Gasteiger partial charge < -0.3 is 10.1 Å². The number of amides is 1. The third-order valence-electron chi connectivity index (χ3n) is 3.66. The number of nitrogens with one attached hydrogen (secondary N) is 1. The van der Waals surface area contributed by atoms with E-state index >= 15 is 0 Å². The van der Waals surface area contributed by atoms with E-state index in [4.69, 9.17) is 4.74 Å². The van der Waals surface area contributed by atoms with Crippen LogP contribution in [-0.2, 0) is 19.9 Å². The Kier molecular flexibility index (Phi) is 5.16. The number of hydrogen-bond acceptors (Lipinski definition) is 3. The molecule has 0 fully saturated rings. The third-order valence-corrected chi connectivity index (χ3v) is 3.66. The van der Waals surface area contributed by atoms with E-state index < -0.39 is 11.5 Å². The molecule has 23 heavy (non-hydrogen) atoms. The van der Waals surface area contributed by atoms with Crippen molar-refractivity contribution in [1.82, 2.24) is 5.32 Å². The van der Waals surface area contributed by atoms with Gasteiger partial charge >= 0.3 is 5.97 Å². The molecule has 1 amide bonds. The van der Waals surface area contributed by atoms with Crippen LogP contribution in [0.25, 0.3) is 11.1 Å². The van der Waals surface area contributed by atoms with Gasteiger partial charge in [-0.15, -0.1) is 0 Å². The van der Waals surface area contributed by atoms with Crippen molar-refractivity contribution in [3.8, 4) is 11.1 Å². The lowest BCUT2D eigenvalue weighted by Crippen LogP contribution is -2.50. The normalized spacial score (nSPS) is 13.0. The van der Waals surface area contributed by atoms with E-state index in [1.807, 2.05) is 54.6 Å². The van der Waals surface area contributed by atoms with E-state index in [0.29, 0.717) is 5.56 Å². The van der Waals surface area contributed by atoms with Crippen molar-refractivity contribution in [2.45, 2.75) is 26.3 Å². The van der Waals surface area contributed by atoms with Crippen LogP contribution >= 0.6 is 0 Å². The minimum absolute atomic E-state index is 0.251. The molecule has 1 N–H and O–H groups in total. The fourth-order valence-corrected chi connectivity index (χ4v) is 2.64. The minimum atomic E-state index is -1.24. The number of ether oxygens (including phenoxy) is 1. The molecule has 0 aliphatic heterocycles. The van der Waals surface area contributed by atoms with Crippen LogP contribution in [0.5, 0.6) is 0 Å². The SMILES string of the molecule is CCOC(=O)C(C)(NC(C)=O)c1ccccc1-c1ccccc1. The van der Waals surface area contributed by atoms with Gasteiger partial charge in [0.05, 0.1) is 6.61 Å². The predicted octanol–water partition coefficient (Wildman–Crippen LogP) is 3.27. The second kappa shape index (κ2) is 7.09. The van der Waals surface area contributed by atoms with E-state index in [1.165, 1.54) is 6.92 Å². The van der Waals surface area contributed by atoms with Gasteiger partial charge in [-0.1, -0.05) is 54.6 Å². The van der Waals surface area contributed by atoms with Gasteiger partial charge in [-0.2, -0.15) is 0 Å². The van der Waals surface area contributed by atoms with E-state index in [1.54, 1.807) is 13.8 Å². The first kappa shape index (κ1) is 16.7. The Morgan fingerprint density at radius 2 is 1.65 bits per heavy atom. The summed E-state index contributed by atoms with van der Waals surface area (Å²) in [5, 5.41) is 2.75. The average molecular weight is 311 g/mol. The highest BCUT2D eigenvalue weighted by molar-refractivity contribution is 5.90. The monoisotopic (exact) mass is 311 g/mol. The highest BCUT2D eigenvalue weighted by atomic mass is 16.5. The fraction of sp³-hybridized carbons (Fsp3) is 0.263. The van der Waals surface area contributed by atoms with Gasteiger partial charge in [0, 0.05) is 6.92 Å². The first-order valence-corrected chi connectivity index (χ1v) is 7.60. The van der Waals surface area contributed by atoms with Gasteiger partial charge in [0.25, 0.3) is 0 Å². The molecule has 0 aliphatic rings. The minimum Gasteiger partial charge on any atom is -0.464 e. The smallest absolute Gasteiger partial charge is 0.336 e. The Morgan fingerprint density at radius 1 is 1.04 bits per heavy atom. The van der Waals surface area contributed by atoms with Crippen molar-refractivity contribution >= 4 is 11.9 Å². The molecule has 0 radical (unpaired) electrons. The molecule has 2 rings (SSSR count). The summed E-state index contributed by atoms with van der Waals surface area (Å²) in [6, 6.07) is 17.3. The molecule has 2 aromatic rings. The van der Waals surface area contributed by atoms with E-state index in [2.05, 4.69) is 5.32 Å². The van der Waals surface area contributed by atoms with Gasteiger partial charge in [0.2, 0.25) is 5.91 Å². The molecule has 0 saturated heterocycles. The van der Waals surface area contributed by atoms with Crippen molar-refractivity contribution in [1.29, 1.82) is 0 Å². The molecule has 0 aromatic heterocycles. The molecule has 1 atom stereocenters. The summed E-state index contributed by atoms with van der Waals surface area (Å²) in [4.78, 5) is 24.2. The molecule has 0 bridgehead atoms. The number of carbonyl (C=O) groups is 2. The Hall–Kier alpha value is -2.62. The molecule has 2 aromatic carbocycles. The molecular formula is C19H21NO3. The largest absolute Gasteiger partial charge is 0.464 e. The molecule has 4 nitrogen and oxygen atoms in total. The standard InChI is InChI=1S/C19H21NO3/c1-4-23-18(22)19(3,20-14(2)21)17-13-9-8-12-16(17)15-10-6-5-7-11-15/h5-13H,4H2,1-3H3,(H,20,21). The summed E-state index contributed by atoms with van der Waals surface area (Å²) in [7, 11) is 0. The molecular weight excluding hydrogens is 290 g/mol. The predicted molar refractivity (Wildman–Crippen MR) is 89.7 cm³/mol. The Bertz CT molecular complexity index is 697. The summed E-state index contributed by atoms with van der Waals surface area (Å²) in [6.45, 7) is 5.06. The topological polar surface area (TPSA) is 55.4 Å². The molecule has 0 saturated carbocycles. The van der Waals surface area contributed by atoms with Gasteiger partial charge in [0.15, 0.2) is 5.54 Å². The summed E-state index contributed by atoms with van der Waals surface area (Å²) in [5.74, 6) is -0.762. The maximum absolute atomic E-state index is 12.5. The highest BCUT2D eigenvalue weighted by Crippen LogP contribution is 2.32. The van der Waals surface area contributed by atoms with Crippen LogP contribution in [0.1, 0.15) is 26.3 Å². The van der Waals surface area contributed by atoms with Gasteiger partial charge in [-0.25, -0.2) is 4.79 Å². The molecule has 1 unspecified atom stereocenters. The third kappa shape index (κ3) is 3.59. The lowest BCUT2D eigenvalue weighted by Gasteiger charge is -2.30. The van der Waals surface area contributed by atoms with Crippen molar-refractivity contribution < 1.29 is 14.3 Å². The zero-order chi connectivity index (χ0) is 16.9. The molecule has 0 spiro atoms. The van der Waals surface area contributed by atoms with Crippen LogP contribution in [0.2, 0.25) is 0 Å². The van der Waals surface area contributed by atoms with E-state index in [0.717, 1.165) is 11.1 Å². The lowest BCUT2D eigenvalue weighted by atomic mass is 9.85. The highest BCUT2D eigenvalue weighted by Gasteiger charge is 2.39. The van der Waals surface area contributed by atoms with Gasteiger partial charge in [-0.3, -0.25) is 4.79 Å². The average Bonchev–Trinajstić information content (AvgIpc) is 2.55. The molecule has 0 aliphatic carbocycles. The van der Waals surface area contributed by atoms with Crippen LogP contribution in [-0.4, -0.2) is 18.5 Å². The number of carbonyl (C=O) groups excluding carboxylic acids is 2. The fourth-order valence-electron chi connectivity index (χ4n) is 2.64. The van der Waals surface area contributed by atoms with Crippen LogP contribution in [0, 0.1) is 0 Å². The Labute approximate surface area is 136 Å². The van der Waals surface area contributed by atoms with Crippen molar-refractivity contribution in [3.05, 3.63) is 60.2 Å². The van der Waals surface area contributed by atoms with Crippen molar-refractivity contribution in [2.75, 3.05) is 6.61 Å². The van der Waals surface area contributed by atoms with Gasteiger partial charge in [-0.05, 0) is 30.5 Å². The lowest BCUT2D eigenvalue weighted by molar-refractivity contribution is -0.152. The van der Waals surface area contributed by atoms with E-state index in [-0.39, 0.29) is 12.5 Å². The van der Waals surface area contributed by atoms with Crippen molar-refractivity contribution in [3.63, 3.8) is 0 Å². The number of benzene rings is 2. The molecule has 0 heterocycles. The second-order valence-corrected chi connectivity index (χ2v) is 5.44. The summed E-state index contributed by atoms with van der Waals surface area (Å²) >= 11 is 0. The van der Waals surface area contributed by atoms with Gasteiger partial charge in [0.1, 0.15) is 0 Å². The molecule has 120 valence electrons. The quantitative estimate of drug-likeness (QED) is 0.862. The Morgan fingerprint density at radius 3 is 2.26 bits per heavy atom. The van der Waals surface area contributed by atoms with Crippen LogP contribution < -0.4 is 5.32 Å². The summed E-state index contributed by atoms with van der Waals surface area (Å²) < 4.78 is 5.20. The van der Waals surface area contributed by atoms with Crippen LogP contribution in [0.15, 0.2) is 54.6 Å². The summed E-state index contributed by atoms with van der Waals surface area (Å²) in [5.41, 5.74) is 1.33. The number of esters is 1. The maximum atomic E-state index is 12.5. The number of rotatable bonds is 5. The first-order valence-electron chi connectivity index (χ1n) is 7.60. The maximum Gasteiger partial charge on any atom is 0.336 e. The Balaban J connectivity index is 2.60. The zero-order valence-corrected chi connectivity index (χ0v) is 13.6. The van der Waals surface area contributed by atoms with Crippen molar-refractivity contribution in [2.24, 2.45) is 0 Å². The second-order valence-electron chi connectivity index (χ2n) is 5.44. The van der Waals surface area contributed by atoms with E-state index in [9.17, 15) is 9.59 Å².